The minimum atomic E-state index is -2.51. The van der Waals surface area contributed by atoms with Crippen LogP contribution in [0.5, 0.6) is 0 Å². The zero-order valence-electron chi connectivity index (χ0n) is 12.7. The molecule has 1 unspecified atom stereocenters. The molecule has 1 aromatic rings. The molecule has 6 heteroatoms. The van der Waals surface area contributed by atoms with E-state index in [9.17, 15) is 18.4 Å². The molecule has 2 amide bonds. The average molecular weight is 320 g/mol. The van der Waals surface area contributed by atoms with Crippen molar-refractivity contribution in [2.45, 2.75) is 31.7 Å². The van der Waals surface area contributed by atoms with Crippen LogP contribution in [0, 0.1) is 0 Å². The topological polar surface area (TPSA) is 40.6 Å². The monoisotopic (exact) mass is 320 g/mol. The summed E-state index contributed by atoms with van der Waals surface area (Å²) in [5.74, 6) is -0.540. The number of likely N-dealkylation sites (tertiary alicyclic amines) is 1. The average Bonchev–Trinajstić information content (AvgIpc) is 2.51. The van der Waals surface area contributed by atoms with Crippen LogP contribution in [0.15, 0.2) is 30.9 Å². The second kappa shape index (κ2) is 6.10. The van der Waals surface area contributed by atoms with Crippen molar-refractivity contribution in [1.29, 1.82) is 0 Å². The molecule has 0 radical (unpaired) electrons. The van der Waals surface area contributed by atoms with Crippen LogP contribution in [0.4, 0.5) is 14.5 Å². The van der Waals surface area contributed by atoms with E-state index in [1.54, 1.807) is 23.1 Å². The summed E-state index contributed by atoms with van der Waals surface area (Å²) in [4.78, 5) is 27.1. The Labute approximate surface area is 133 Å². The van der Waals surface area contributed by atoms with Crippen molar-refractivity contribution in [3.8, 4) is 0 Å². The predicted octanol–water partition coefficient (Wildman–Crippen LogP) is 2.63. The van der Waals surface area contributed by atoms with Crippen LogP contribution in [0.3, 0.4) is 0 Å². The second-order valence-corrected chi connectivity index (χ2v) is 5.83. The van der Waals surface area contributed by atoms with Gasteiger partial charge in [0, 0.05) is 24.3 Å². The molecule has 122 valence electrons. The number of rotatable bonds is 3. The van der Waals surface area contributed by atoms with E-state index in [1.165, 1.54) is 11.0 Å². The summed E-state index contributed by atoms with van der Waals surface area (Å²) < 4.78 is 25.6. The lowest BCUT2D eigenvalue weighted by atomic mass is 9.96. The van der Waals surface area contributed by atoms with Crippen molar-refractivity contribution < 1.29 is 18.4 Å². The fraction of sp³-hybridized carbons (Fsp3) is 0.412. The van der Waals surface area contributed by atoms with Crippen molar-refractivity contribution >= 4 is 17.5 Å². The minimum absolute atomic E-state index is 0.175. The van der Waals surface area contributed by atoms with Crippen molar-refractivity contribution in [2.75, 3.05) is 18.0 Å². The van der Waals surface area contributed by atoms with Crippen molar-refractivity contribution in [3.05, 3.63) is 42.0 Å². The van der Waals surface area contributed by atoms with Crippen LogP contribution in [-0.2, 0) is 11.2 Å². The molecular weight excluding hydrogens is 302 g/mol. The molecule has 2 aliphatic rings. The van der Waals surface area contributed by atoms with Gasteiger partial charge in [0.2, 0.25) is 5.91 Å². The Hall–Kier alpha value is -2.24. The molecule has 23 heavy (non-hydrogen) atoms. The van der Waals surface area contributed by atoms with Crippen LogP contribution in [0.25, 0.3) is 0 Å². The van der Waals surface area contributed by atoms with Gasteiger partial charge in [-0.3, -0.25) is 9.59 Å². The molecule has 3 rings (SSSR count). The maximum atomic E-state index is 12.8. The number of carbonyl (C=O) groups excluding carboxylic acids is 2. The van der Waals surface area contributed by atoms with Gasteiger partial charge in [0.1, 0.15) is 0 Å². The summed E-state index contributed by atoms with van der Waals surface area (Å²) >= 11 is 0. The third-order valence-corrected chi connectivity index (χ3v) is 4.50. The minimum Gasteiger partial charge on any atom is -0.330 e. The highest BCUT2D eigenvalue weighted by atomic mass is 19.3. The van der Waals surface area contributed by atoms with Crippen LogP contribution in [0.1, 0.15) is 28.8 Å². The lowest BCUT2D eigenvalue weighted by Crippen LogP contribution is -2.54. The first-order valence-electron chi connectivity index (χ1n) is 7.69. The zero-order chi connectivity index (χ0) is 16.6. The Balaban J connectivity index is 1.85. The highest BCUT2D eigenvalue weighted by molar-refractivity contribution is 6.02. The first-order valence-corrected chi connectivity index (χ1v) is 7.69. The van der Waals surface area contributed by atoms with E-state index >= 15 is 0 Å². The van der Waals surface area contributed by atoms with Crippen LogP contribution < -0.4 is 4.90 Å². The molecule has 0 bridgehead atoms. The summed E-state index contributed by atoms with van der Waals surface area (Å²) in [6.07, 6.45) is 0.659. The van der Waals surface area contributed by atoms with Gasteiger partial charge in [0.25, 0.3) is 12.3 Å². The summed E-state index contributed by atoms with van der Waals surface area (Å²) in [5.41, 5.74) is 2.07. The Kier molecular flexibility index (Phi) is 4.15. The summed E-state index contributed by atoms with van der Waals surface area (Å²) in [5, 5.41) is 0. The quantitative estimate of drug-likeness (QED) is 0.803. The fourth-order valence-electron chi connectivity index (χ4n) is 3.16. The Bertz CT molecular complexity index is 660. The standard InChI is InChI=1S/C17H18F2N2O2/c1-2-15(22)20-8-3-4-11-10-12(5-6-13(11)20)17(23)21-9-7-14(21)16(18)19/h2,5-6,10,14,16H,1,3-4,7-9H2. The third kappa shape index (κ3) is 2.73. The molecule has 1 fully saturated rings. The summed E-state index contributed by atoms with van der Waals surface area (Å²) in [7, 11) is 0. The Morgan fingerprint density at radius 1 is 1.30 bits per heavy atom. The third-order valence-electron chi connectivity index (χ3n) is 4.50. The SMILES string of the molecule is C=CC(=O)N1CCCc2cc(C(=O)N3CCC3C(F)F)ccc21. The van der Waals surface area contributed by atoms with Crippen LogP contribution in [0.2, 0.25) is 0 Å². The number of anilines is 1. The predicted molar refractivity (Wildman–Crippen MR) is 82.8 cm³/mol. The molecule has 1 saturated heterocycles. The van der Waals surface area contributed by atoms with Crippen LogP contribution >= 0.6 is 0 Å². The number of benzene rings is 1. The normalized spacial score (nSPS) is 20.0. The molecule has 2 heterocycles. The molecule has 0 N–H and O–H groups in total. The van der Waals surface area contributed by atoms with E-state index in [0.717, 1.165) is 24.1 Å². The number of halogens is 2. The van der Waals surface area contributed by atoms with E-state index in [2.05, 4.69) is 6.58 Å². The first-order chi connectivity index (χ1) is 11.0. The first kappa shape index (κ1) is 15.6. The molecule has 0 spiro atoms. The van der Waals surface area contributed by atoms with Crippen molar-refractivity contribution in [1.82, 2.24) is 4.90 Å². The number of hydrogen-bond acceptors (Lipinski definition) is 2. The van der Waals surface area contributed by atoms with Gasteiger partial charge in [0.15, 0.2) is 0 Å². The number of hydrogen-bond donors (Lipinski definition) is 0. The van der Waals surface area contributed by atoms with Crippen molar-refractivity contribution in [2.24, 2.45) is 0 Å². The summed E-state index contributed by atoms with van der Waals surface area (Å²) in [6, 6.07) is 4.08. The van der Waals surface area contributed by atoms with E-state index < -0.39 is 12.5 Å². The lowest BCUT2D eigenvalue weighted by Gasteiger charge is -2.40. The number of amides is 2. The Morgan fingerprint density at radius 3 is 2.70 bits per heavy atom. The largest absolute Gasteiger partial charge is 0.330 e. The molecule has 0 aromatic heterocycles. The van der Waals surface area contributed by atoms with Crippen LogP contribution in [-0.4, -0.2) is 42.3 Å². The molecular formula is C17H18F2N2O2. The molecule has 4 nitrogen and oxygen atoms in total. The van der Waals surface area contributed by atoms with E-state index in [4.69, 9.17) is 0 Å². The number of alkyl halides is 2. The number of carbonyl (C=O) groups is 2. The van der Waals surface area contributed by atoms with E-state index in [-0.39, 0.29) is 11.8 Å². The van der Waals surface area contributed by atoms with Gasteiger partial charge in [-0.1, -0.05) is 6.58 Å². The zero-order valence-corrected chi connectivity index (χ0v) is 12.7. The molecule has 0 aliphatic carbocycles. The fourth-order valence-corrected chi connectivity index (χ4v) is 3.16. The smallest absolute Gasteiger partial charge is 0.258 e. The highest BCUT2D eigenvalue weighted by Crippen LogP contribution is 2.31. The second-order valence-electron chi connectivity index (χ2n) is 5.83. The molecule has 2 aliphatic heterocycles. The maximum Gasteiger partial charge on any atom is 0.258 e. The van der Waals surface area contributed by atoms with E-state index in [1.807, 2.05) is 0 Å². The van der Waals surface area contributed by atoms with Gasteiger partial charge in [-0.15, -0.1) is 0 Å². The molecule has 1 atom stereocenters. The van der Waals surface area contributed by atoms with E-state index in [0.29, 0.717) is 25.1 Å². The van der Waals surface area contributed by atoms with Gasteiger partial charge in [-0.2, -0.15) is 0 Å². The van der Waals surface area contributed by atoms with Gasteiger partial charge in [-0.25, -0.2) is 8.78 Å². The lowest BCUT2D eigenvalue weighted by molar-refractivity contribution is -0.114. The Morgan fingerprint density at radius 2 is 2.09 bits per heavy atom. The maximum absolute atomic E-state index is 12.8. The van der Waals surface area contributed by atoms with Gasteiger partial charge in [-0.05, 0) is 49.1 Å². The number of nitrogens with zero attached hydrogens (tertiary/aromatic N) is 2. The highest BCUT2D eigenvalue weighted by Gasteiger charge is 2.39. The van der Waals surface area contributed by atoms with Gasteiger partial charge in [0.05, 0.1) is 6.04 Å². The van der Waals surface area contributed by atoms with Gasteiger partial charge >= 0.3 is 0 Å². The molecule has 1 aromatic carbocycles. The van der Waals surface area contributed by atoms with Gasteiger partial charge < -0.3 is 9.80 Å². The molecule has 0 saturated carbocycles. The van der Waals surface area contributed by atoms with Crippen molar-refractivity contribution in [3.63, 3.8) is 0 Å². The number of aryl methyl sites for hydroxylation is 1. The number of fused-ring (bicyclic) bond motifs is 1. The summed E-state index contributed by atoms with van der Waals surface area (Å²) in [6.45, 7) is 4.48.